The van der Waals surface area contributed by atoms with Crippen molar-refractivity contribution in [1.82, 2.24) is 10.6 Å². The van der Waals surface area contributed by atoms with E-state index in [2.05, 4.69) is 40.7 Å². The number of guanidine groups is 1. The minimum Gasteiger partial charge on any atom is -0.466 e. The van der Waals surface area contributed by atoms with Crippen LogP contribution in [0.25, 0.3) is 0 Å². The zero-order valence-electron chi connectivity index (χ0n) is 12.4. The Labute approximate surface area is 123 Å². The maximum Gasteiger partial charge on any atom is 0.191 e. The quantitative estimate of drug-likeness (QED) is 0.672. The van der Waals surface area contributed by atoms with Gasteiger partial charge in [0.1, 0.15) is 11.5 Å². The number of aryl methyl sites for hydroxylation is 3. The van der Waals surface area contributed by atoms with Crippen molar-refractivity contribution in [3.05, 3.63) is 45.0 Å². The molecule has 0 amide bonds. The van der Waals surface area contributed by atoms with Gasteiger partial charge in [-0.25, -0.2) is 0 Å². The summed E-state index contributed by atoms with van der Waals surface area (Å²) in [6.45, 7) is 7.57. The highest BCUT2D eigenvalue weighted by Crippen LogP contribution is 2.15. The number of nitrogens with one attached hydrogen (secondary N) is 2. The summed E-state index contributed by atoms with van der Waals surface area (Å²) in [5.41, 5.74) is 1.16. The first-order valence-electron chi connectivity index (χ1n) is 6.64. The van der Waals surface area contributed by atoms with Gasteiger partial charge in [0, 0.05) is 28.9 Å². The predicted octanol–water partition coefficient (Wildman–Crippen LogP) is 3.13. The monoisotopic (exact) mass is 291 g/mol. The molecule has 4 nitrogen and oxygen atoms in total. The molecule has 0 fully saturated rings. The van der Waals surface area contributed by atoms with Gasteiger partial charge in [0.15, 0.2) is 5.96 Å². The molecular weight excluding hydrogens is 270 g/mol. The third kappa shape index (κ3) is 3.87. The lowest BCUT2D eigenvalue weighted by molar-refractivity contribution is 0.500. The fraction of sp³-hybridized carbons (Fsp3) is 0.400. The van der Waals surface area contributed by atoms with Crippen LogP contribution < -0.4 is 10.6 Å². The molecule has 0 saturated carbocycles. The first-order chi connectivity index (χ1) is 9.58. The fourth-order valence-electron chi connectivity index (χ4n) is 2.01. The maximum absolute atomic E-state index is 5.51. The third-order valence-corrected chi connectivity index (χ3v) is 4.04. The second kappa shape index (κ2) is 6.61. The van der Waals surface area contributed by atoms with Crippen LogP contribution in [0.5, 0.6) is 0 Å². The zero-order valence-corrected chi connectivity index (χ0v) is 13.2. The van der Waals surface area contributed by atoms with Crippen LogP contribution in [0.2, 0.25) is 0 Å². The number of nitrogens with zero attached hydrogens (tertiary/aromatic N) is 1. The Morgan fingerprint density at radius 2 is 1.95 bits per heavy atom. The normalized spacial score (nSPS) is 11.7. The number of hydrogen-bond acceptors (Lipinski definition) is 3. The van der Waals surface area contributed by atoms with Gasteiger partial charge < -0.3 is 15.1 Å². The standard InChI is InChI=1S/C15H21N3OS/c1-10-7-13(12(3)19-10)8-17-15(16-4)18-9-14-6-5-11(2)20-14/h5-7H,8-9H2,1-4H3,(H2,16,17,18). The summed E-state index contributed by atoms with van der Waals surface area (Å²) in [7, 11) is 1.78. The van der Waals surface area contributed by atoms with Crippen LogP contribution in [0, 0.1) is 20.8 Å². The van der Waals surface area contributed by atoms with E-state index in [4.69, 9.17) is 4.42 Å². The summed E-state index contributed by atoms with van der Waals surface area (Å²) in [5.74, 6) is 2.70. The fourth-order valence-corrected chi connectivity index (χ4v) is 2.84. The molecule has 0 aromatic carbocycles. The molecule has 2 N–H and O–H groups in total. The molecule has 0 atom stereocenters. The van der Waals surface area contributed by atoms with E-state index < -0.39 is 0 Å². The van der Waals surface area contributed by atoms with Crippen molar-refractivity contribution in [3.63, 3.8) is 0 Å². The van der Waals surface area contributed by atoms with Crippen molar-refractivity contribution in [2.75, 3.05) is 7.05 Å². The summed E-state index contributed by atoms with van der Waals surface area (Å²) in [6, 6.07) is 6.33. The highest BCUT2D eigenvalue weighted by atomic mass is 32.1. The Hall–Kier alpha value is -1.75. The summed E-state index contributed by atoms with van der Waals surface area (Å²) in [5, 5.41) is 6.61. The van der Waals surface area contributed by atoms with Crippen LogP contribution in [0.3, 0.4) is 0 Å². The van der Waals surface area contributed by atoms with Crippen LogP contribution in [-0.2, 0) is 13.1 Å². The van der Waals surface area contributed by atoms with Crippen molar-refractivity contribution in [1.29, 1.82) is 0 Å². The molecule has 0 aliphatic rings. The molecule has 2 aromatic heterocycles. The Morgan fingerprint density at radius 3 is 2.50 bits per heavy atom. The van der Waals surface area contributed by atoms with Crippen LogP contribution in [0.1, 0.15) is 26.8 Å². The zero-order chi connectivity index (χ0) is 14.5. The van der Waals surface area contributed by atoms with E-state index in [1.807, 2.05) is 13.8 Å². The molecule has 0 saturated heterocycles. The van der Waals surface area contributed by atoms with Crippen molar-refractivity contribution >= 4 is 17.3 Å². The third-order valence-electron chi connectivity index (χ3n) is 3.04. The first kappa shape index (κ1) is 14.7. The summed E-state index contributed by atoms with van der Waals surface area (Å²) >= 11 is 1.80. The summed E-state index contributed by atoms with van der Waals surface area (Å²) in [6.07, 6.45) is 0. The Morgan fingerprint density at radius 1 is 1.20 bits per heavy atom. The van der Waals surface area contributed by atoms with E-state index >= 15 is 0 Å². The van der Waals surface area contributed by atoms with Crippen LogP contribution >= 0.6 is 11.3 Å². The Bertz CT molecular complexity index is 598. The molecule has 108 valence electrons. The van der Waals surface area contributed by atoms with Gasteiger partial charge in [0.25, 0.3) is 0 Å². The average molecular weight is 291 g/mol. The number of aliphatic imine (C=N–C) groups is 1. The largest absolute Gasteiger partial charge is 0.466 e. The van der Waals surface area contributed by atoms with Gasteiger partial charge in [0.05, 0.1) is 6.54 Å². The molecule has 2 rings (SSSR count). The molecule has 20 heavy (non-hydrogen) atoms. The van der Waals surface area contributed by atoms with Gasteiger partial charge >= 0.3 is 0 Å². The Balaban J connectivity index is 1.85. The number of furan rings is 1. The van der Waals surface area contributed by atoms with E-state index in [-0.39, 0.29) is 0 Å². The van der Waals surface area contributed by atoms with Gasteiger partial charge in [-0.15, -0.1) is 11.3 Å². The van der Waals surface area contributed by atoms with Gasteiger partial charge in [0.2, 0.25) is 0 Å². The lowest BCUT2D eigenvalue weighted by Gasteiger charge is -2.10. The number of rotatable bonds is 4. The van der Waals surface area contributed by atoms with Gasteiger partial charge in [-0.3, -0.25) is 4.99 Å². The molecule has 0 spiro atoms. The molecule has 0 radical (unpaired) electrons. The minimum atomic E-state index is 0.715. The molecule has 0 aliphatic heterocycles. The van der Waals surface area contributed by atoms with Crippen molar-refractivity contribution in [2.45, 2.75) is 33.9 Å². The van der Waals surface area contributed by atoms with Gasteiger partial charge in [-0.2, -0.15) is 0 Å². The van der Waals surface area contributed by atoms with Crippen LogP contribution in [0.15, 0.2) is 27.6 Å². The maximum atomic E-state index is 5.51. The average Bonchev–Trinajstić information content (AvgIpc) is 2.96. The molecule has 5 heteroatoms. The van der Waals surface area contributed by atoms with Crippen LogP contribution in [-0.4, -0.2) is 13.0 Å². The van der Waals surface area contributed by atoms with E-state index in [0.29, 0.717) is 6.54 Å². The summed E-state index contributed by atoms with van der Waals surface area (Å²) in [4.78, 5) is 6.86. The van der Waals surface area contributed by atoms with Gasteiger partial charge in [-0.1, -0.05) is 0 Å². The molecule has 2 heterocycles. The van der Waals surface area contributed by atoms with Crippen molar-refractivity contribution < 1.29 is 4.42 Å². The second-order valence-electron chi connectivity index (χ2n) is 4.73. The van der Waals surface area contributed by atoms with Crippen molar-refractivity contribution in [2.24, 2.45) is 4.99 Å². The first-order valence-corrected chi connectivity index (χ1v) is 7.46. The summed E-state index contributed by atoms with van der Waals surface area (Å²) < 4.78 is 5.51. The molecular formula is C15H21N3OS. The lowest BCUT2D eigenvalue weighted by atomic mass is 10.2. The second-order valence-corrected chi connectivity index (χ2v) is 6.10. The van der Waals surface area contributed by atoms with E-state index in [1.54, 1.807) is 18.4 Å². The Kier molecular flexibility index (Phi) is 4.84. The molecule has 0 unspecified atom stereocenters. The SMILES string of the molecule is CN=C(NCc1ccc(C)s1)NCc1cc(C)oc1C. The topological polar surface area (TPSA) is 49.6 Å². The van der Waals surface area contributed by atoms with E-state index in [1.165, 1.54) is 9.75 Å². The lowest BCUT2D eigenvalue weighted by Crippen LogP contribution is -2.36. The highest BCUT2D eigenvalue weighted by Gasteiger charge is 2.06. The smallest absolute Gasteiger partial charge is 0.191 e. The number of hydrogen-bond donors (Lipinski definition) is 2. The van der Waals surface area contributed by atoms with Gasteiger partial charge in [-0.05, 0) is 39.0 Å². The highest BCUT2D eigenvalue weighted by molar-refractivity contribution is 7.11. The van der Waals surface area contributed by atoms with Crippen LogP contribution in [0.4, 0.5) is 0 Å². The predicted molar refractivity (Wildman–Crippen MR) is 84.3 cm³/mol. The molecule has 0 bridgehead atoms. The number of thiophene rings is 1. The van der Waals surface area contributed by atoms with E-state index in [9.17, 15) is 0 Å². The minimum absolute atomic E-state index is 0.715. The van der Waals surface area contributed by atoms with E-state index in [0.717, 1.165) is 29.6 Å². The molecule has 2 aromatic rings. The molecule has 0 aliphatic carbocycles. The van der Waals surface area contributed by atoms with Crippen molar-refractivity contribution in [3.8, 4) is 0 Å².